The van der Waals surface area contributed by atoms with Crippen LogP contribution in [0, 0.1) is 0 Å². The summed E-state index contributed by atoms with van der Waals surface area (Å²) in [6.07, 6.45) is 0.0510. The summed E-state index contributed by atoms with van der Waals surface area (Å²) in [7, 11) is 1.94. The molecule has 13 heavy (non-hydrogen) atoms. The zero-order chi connectivity index (χ0) is 9.42. The number of halogens is 1. The van der Waals surface area contributed by atoms with Gasteiger partial charge in [-0.1, -0.05) is 0 Å². The molecule has 2 rings (SSSR count). The fourth-order valence-electron chi connectivity index (χ4n) is 1.43. The summed E-state index contributed by atoms with van der Waals surface area (Å²) >= 11 is 5.03. The minimum Gasteiger partial charge on any atom is -0.335 e. The average Bonchev–Trinajstić information content (AvgIpc) is 2.58. The maximum Gasteiger partial charge on any atom is 0.235 e. The molecule has 0 aromatic carbocycles. The molecule has 1 saturated heterocycles. The number of nitrogens with one attached hydrogen (secondary N) is 1. The van der Waals surface area contributed by atoms with Crippen LogP contribution in [0.2, 0.25) is 0 Å². The highest BCUT2D eigenvalue weighted by Gasteiger charge is 2.28. The zero-order valence-electron chi connectivity index (χ0n) is 7.08. The van der Waals surface area contributed by atoms with E-state index in [1.165, 1.54) is 0 Å². The molecule has 1 atom stereocenters. The Hall–Kier alpha value is -0.390. The summed E-state index contributed by atoms with van der Waals surface area (Å²) in [4.78, 5) is 13.1. The van der Waals surface area contributed by atoms with Crippen LogP contribution in [0.3, 0.4) is 0 Å². The lowest BCUT2D eigenvalue weighted by Gasteiger charge is -2.16. The van der Waals surface area contributed by atoms with Crippen LogP contribution < -0.4 is 5.32 Å². The molecule has 1 fully saturated rings. The Labute approximate surface area is 88.9 Å². The fraction of sp³-hybridized carbons (Fsp3) is 0.375. The van der Waals surface area contributed by atoms with Crippen molar-refractivity contribution >= 4 is 33.2 Å². The largest absolute Gasteiger partial charge is 0.335 e. The smallest absolute Gasteiger partial charge is 0.235 e. The van der Waals surface area contributed by atoms with E-state index in [1.54, 1.807) is 11.3 Å². The first-order chi connectivity index (χ1) is 6.16. The van der Waals surface area contributed by atoms with E-state index in [4.69, 9.17) is 0 Å². The molecule has 1 N–H and O–H groups in total. The predicted molar refractivity (Wildman–Crippen MR) is 55.5 cm³/mol. The van der Waals surface area contributed by atoms with Gasteiger partial charge in [-0.15, -0.1) is 11.3 Å². The van der Waals surface area contributed by atoms with Crippen molar-refractivity contribution in [1.82, 2.24) is 10.2 Å². The quantitative estimate of drug-likeness (QED) is 0.832. The number of hydrogen-bond acceptors (Lipinski definition) is 3. The highest BCUT2D eigenvalue weighted by Crippen LogP contribution is 2.28. The summed E-state index contributed by atoms with van der Waals surface area (Å²) in [5, 5.41) is 4.96. The molecule has 3 nitrogen and oxygen atoms in total. The molecule has 0 bridgehead atoms. The van der Waals surface area contributed by atoms with Gasteiger partial charge in [-0.05, 0) is 34.4 Å². The molecule has 0 aliphatic carbocycles. The molecule has 0 radical (unpaired) electrons. The molecule has 1 aliphatic rings. The Bertz CT molecular complexity index is 339. The molecular weight excluding hydrogens is 252 g/mol. The standard InChI is InChI=1S/C8H9BrN2OS/c1-11-3-7(12)10-8(11)5-2-6(9)13-4-5/h2,4,8H,3H2,1H3,(H,10,12). The van der Waals surface area contributed by atoms with Gasteiger partial charge in [0, 0.05) is 5.56 Å². The summed E-state index contributed by atoms with van der Waals surface area (Å²) in [6.45, 7) is 0.484. The topological polar surface area (TPSA) is 32.3 Å². The minimum atomic E-state index is 0.0510. The first kappa shape index (κ1) is 9.18. The lowest BCUT2D eigenvalue weighted by Crippen LogP contribution is -2.23. The fourth-order valence-corrected chi connectivity index (χ4v) is 2.63. The van der Waals surface area contributed by atoms with E-state index in [0.717, 1.165) is 9.35 Å². The number of likely N-dealkylation sites (N-methyl/N-ethyl adjacent to an activating group) is 1. The summed E-state index contributed by atoms with van der Waals surface area (Å²) in [5.74, 6) is 0.0924. The minimum absolute atomic E-state index is 0.0510. The summed E-state index contributed by atoms with van der Waals surface area (Å²) in [6, 6.07) is 2.04. The Morgan fingerprint density at radius 2 is 2.54 bits per heavy atom. The third-order valence-corrected chi connectivity index (χ3v) is 3.56. The van der Waals surface area contributed by atoms with Crippen molar-refractivity contribution in [3.05, 3.63) is 20.8 Å². The van der Waals surface area contributed by atoms with Crippen molar-refractivity contribution in [3.8, 4) is 0 Å². The number of carbonyl (C=O) groups excluding carboxylic acids is 1. The second-order valence-corrected chi connectivity index (χ2v) is 5.36. The third kappa shape index (κ3) is 1.77. The van der Waals surface area contributed by atoms with Crippen LogP contribution in [-0.2, 0) is 4.79 Å². The van der Waals surface area contributed by atoms with Crippen LogP contribution >= 0.6 is 27.3 Å². The Balaban J connectivity index is 2.22. The van der Waals surface area contributed by atoms with Gasteiger partial charge >= 0.3 is 0 Å². The van der Waals surface area contributed by atoms with Gasteiger partial charge in [-0.2, -0.15) is 0 Å². The van der Waals surface area contributed by atoms with Gasteiger partial charge in [0.05, 0.1) is 10.3 Å². The normalized spacial score (nSPS) is 23.5. The van der Waals surface area contributed by atoms with Crippen LogP contribution in [0.4, 0.5) is 0 Å². The van der Waals surface area contributed by atoms with E-state index in [-0.39, 0.29) is 12.1 Å². The highest BCUT2D eigenvalue weighted by molar-refractivity contribution is 9.11. The van der Waals surface area contributed by atoms with E-state index in [2.05, 4.69) is 26.6 Å². The predicted octanol–water partition coefficient (Wildman–Crippen LogP) is 1.57. The van der Waals surface area contributed by atoms with E-state index < -0.39 is 0 Å². The molecule has 5 heteroatoms. The van der Waals surface area contributed by atoms with Crippen molar-refractivity contribution in [2.24, 2.45) is 0 Å². The van der Waals surface area contributed by atoms with Crippen LogP contribution in [0.25, 0.3) is 0 Å². The Kier molecular flexibility index (Phi) is 2.40. The van der Waals surface area contributed by atoms with Crippen LogP contribution in [0.1, 0.15) is 11.7 Å². The van der Waals surface area contributed by atoms with Gasteiger partial charge < -0.3 is 5.32 Å². The first-order valence-corrected chi connectivity index (χ1v) is 5.57. The SMILES string of the molecule is CN1CC(=O)NC1c1csc(Br)c1. The Morgan fingerprint density at radius 3 is 3.00 bits per heavy atom. The van der Waals surface area contributed by atoms with Gasteiger partial charge in [0.1, 0.15) is 6.17 Å². The van der Waals surface area contributed by atoms with Crippen LogP contribution in [0.5, 0.6) is 0 Å². The first-order valence-electron chi connectivity index (χ1n) is 3.90. The number of amides is 1. The highest BCUT2D eigenvalue weighted by atomic mass is 79.9. The van der Waals surface area contributed by atoms with E-state index in [0.29, 0.717) is 6.54 Å². The molecule has 0 saturated carbocycles. The number of thiophene rings is 1. The molecule has 2 heterocycles. The molecular formula is C8H9BrN2OS. The number of nitrogens with zero attached hydrogens (tertiary/aromatic N) is 1. The maximum absolute atomic E-state index is 11.1. The second kappa shape index (κ2) is 3.40. The monoisotopic (exact) mass is 260 g/mol. The number of carbonyl (C=O) groups is 1. The van der Waals surface area contributed by atoms with Gasteiger partial charge in [0.15, 0.2) is 0 Å². The summed E-state index contributed by atoms with van der Waals surface area (Å²) < 4.78 is 1.09. The van der Waals surface area contributed by atoms with Gasteiger partial charge in [-0.25, -0.2) is 0 Å². The maximum atomic E-state index is 11.1. The molecule has 1 unspecified atom stereocenters. The van der Waals surface area contributed by atoms with E-state index in [1.807, 2.05) is 18.0 Å². The molecule has 1 aliphatic heterocycles. The van der Waals surface area contributed by atoms with Crippen molar-refractivity contribution in [2.45, 2.75) is 6.17 Å². The van der Waals surface area contributed by atoms with Crippen molar-refractivity contribution in [1.29, 1.82) is 0 Å². The number of rotatable bonds is 1. The lowest BCUT2D eigenvalue weighted by atomic mass is 10.3. The summed E-state index contributed by atoms with van der Waals surface area (Å²) in [5.41, 5.74) is 1.14. The van der Waals surface area contributed by atoms with Gasteiger partial charge in [-0.3, -0.25) is 9.69 Å². The molecule has 0 spiro atoms. The van der Waals surface area contributed by atoms with Crippen molar-refractivity contribution < 1.29 is 4.79 Å². The molecule has 1 aromatic rings. The van der Waals surface area contributed by atoms with Crippen molar-refractivity contribution in [2.75, 3.05) is 13.6 Å². The Morgan fingerprint density at radius 1 is 1.77 bits per heavy atom. The number of hydrogen-bond donors (Lipinski definition) is 1. The van der Waals surface area contributed by atoms with Crippen LogP contribution in [-0.4, -0.2) is 24.4 Å². The molecule has 1 amide bonds. The van der Waals surface area contributed by atoms with Crippen molar-refractivity contribution in [3.63, 3.8) is 0 Å². The lowest BCUT2D eigenvalue weighted by molar-refractivity contribution is -0.118. The van der Waals surface area contributed by atoms with Gasteiger partial charge in [0.25, 0.3) is 0 Å². The average molecular weight is 261 g/mol. The second-order valence-electron chi connectivity index (χ2n) is 3.07. The third-order valence-electron chi connectivity index (χ3n) is 2.03. The van der Waals surface area contributed by atoms with Gasteiger partial charge in [0.2, 0.25) is 5.91 Å². The van der Waals surface area contributed by atoms with E-state index in [9.17, 15) is 4.79 Å². The van der Waals surface area contributed by atoms with Crippen LogP contribution in [0.15, 0.2) is 15.2 Å². The molecule has 70 valence electrons. The molecule has 1 aromatic heterocycles. The van der Waals surface area contributed by atoms with E-state index >= 15 is 0 Å². The zero-order valence-corrected chi connectivity index (χ0v) is 9.48.